The van der Waals surface area contributed by atoms with E-state index in [1.807, 2.05) is 6.07 Å². The fourth-order valence-corrected chi connectivity index (χ4v) is 4.20. The highest BCUT2D eigenvalue weighted by Gasteiger charge is 2.37. The van der Waals surface area contributed by atoms with Gasteiger partial charge in [-0.15, -0.1) is 0 Å². The number of carbonyl (C=O) groups is 7. The number of ketones is 1. The van der Waals surface area contributed by atoms with Crippen molar-refractivity contribution in [1.82, 2.24) is 26.6 Å². The quantitative estimate of drug-likeness (QED) is 0.154. The van der Waals surface area contributed by atoms with Crippen LogP contribution in [-0.4, -0.2) is 69.9 Å². The van der Waals surface area contributed by atoms with Gasteiger partial charge >= 0.3 is 0 Å². The third-order valence-corrected chi connectivity index (χ3v) is 7.45. The van der Waals surface area contributed by atoms with Crippen LogP contribution in [0, 0.1) is 0 Å². The number of carbonyl (C=O) groups excluding carboxylic acids is 7. The molecule has 6 amide bonds. The van der Waals surface area contributed by atoms with E-state index in [4.69, 9.17) is 5.73 Å². The van der Waals surface area contributed by atoms with E-state index < -0.39 is 58.2 Å². The minimum atomic E-state index is -1.56. The summed E-state index contributed by atoms with van der Waals surface area (Å²) in [6, 6.07) is 13.0. The molecule has 2 atom stereocenters. The molecule has 0 heterocycles. The molecule has 0 aliphatic heterocycles. The molecule has 0 spiro atoms. The molecule has 254 valence electrons. The Hall–Kier alpha value is -5.07. The summed E-state index contributed by atoms with van der Waals surface area (Å²) in [5, 5.41) is 12.9. The van der Waals surface area contributed by atoms with Crippen LogP contribution in [0.2, 0.25) is 0 Å². The second-order valence-electron chi connectivity index (χ2n) is 12.9. The van der Waals surface area contributed by atoms with E-state index in [1.54, 1.807) is 55.5 Å². The molecule has 7 N–H and O–H groups in total. The van der Waals surface area contributed by atoms with Crippen molar-refractivity contribution in [2.75, 3.05) is 0 Å². The van der Waals surface area contributed by atoms with Gasteiger partial charge in [0.05, 0.1) is 0 Å². The van der Waals surface area contributed by atoms with Crippen LogP contribution in [-0.2, 0) is 35.2 Å². The molecule has 0 aliphatic carbocycles. The maximum atomic E-state index is 13.5. The first-order valence-corrected chi connectivity index (χ1v) is 15.3. The van der Waals surface area contributed by atoms with Crippen LogP contribution in [0.4, 0.5) is 0 Å². The van der Waals surface area contributed by atoms with Gasteiger partial charge < -0.3 is 32.3 Å². The monoisotopic (exact) mass is 650 g/mol. The maximum Gasteiger partial charge on any atom is 0.245 e. The molecule has 47 heavy (non-hydrogen) atoms. The molecule has 0 radical (unpaired) electrons. The van der Waals surface area contributed by atoms with Gasteiger partial charge in [-0.2, -0.15) is 0 Å². The van der Waals surface area contributed by atoms with Crippen LogP contribution < -0.4 is 32.3 Å². The Kier molecular flexibility index (Phi) is 12.6. The van der Waals surface area contributed by atoms with Crippen LogP contribution in [0.1, 0.15) is 83.3 Å². The van der Waals surface area contributed by atoms with Gasteiger partial charge in [0.25, 0.3) is 0 Å². The van der Waals surface area contributed by atoms with Crippen molar-refractivity contribution >= 4 is 41.2 Å². The van der Waals surface area contributed by atoms with Gasteiger partial charge in [0, 0.05) is 24.0 Å². The van der Waals surface area contributed by atoms with Crippen LogP contribution in [0.15, 0.2) is 54.6 Å². The predicted molar refractivity (Wildman–Crippen MR) is 176 cm³/mol. The zero-order chi connectivity index (χ0) is 35.7. The van der Waals surface area contributed by atoms with Crippen LogP contribution >= 0.6 is 0 Å². The van der Waals surface area contributed by atoms with Crippen molar-refractivity contribution in [3.05, 3.63) is 71.3 Å². The van der Waals surface area contributed by atoms with Crippen molar-refractivity contribution in [3.63, 3.8) is 0 Å². The summed E-state index contributed by atoms with van der Waals surface area (Å²) in [4.78, 5) is 89.2. The molecule has 0 aliphatic rings. The Bertz CT molecular complexity index is 1500. The van der Waals surface area contributed by atoms with E-state index >= 15 is 0 Å². The van der Waals surface area contributed by atoms with E-state index in [-0.39, 0.29) is 24.5 Å². The Balaban J connectivity index is 2.21. The average molecular weight is 651 g/mol. The summed E-state index contributed by atoms with van der Waals surface area (Å²) >= 11 is 0. The molecule has 2 aromatic carbocycles. The SMILES string of the molecule is CCC(=O)NC(C)(C)C(=O)N[C@H](C)C(=O)NC(C)(C)C(=O)NC(Cc1ccc(C(=O)c2ccccc2)cc1)C(=O)NC(C)(C)C(N)=O. The van der Waals surface area contributed by atoms with Crippen molar-refractivity contribution in [3.8, 4) is 0 Å². The van der Waals surface area contributed by atoms with Crippen LogP contribution in [0.5, 0.6) is 0 Å². The number of nitrogens with one attached hydrogen (secondary N) is 5. The number of primary amides is 1. The number of hydrogen-bond donors (Lipinski definition) is 6. The smallest absolute Gasteiger partial charge is 0.245 e. The summed E-state index contributed by atoms with van der Waals surface area (Å²) < 4.78 is 0. The van der Waals surface area contributed by atoms with Gasteiger partial charge in [-0.3, -0.25) is 33.6 Å². The van der Waals surface area contributed by atoms with E-state index in [1.165, 1.54) is 48.5 Å². The molecule has 1 unspecified atom stereocenters. The summed E-state index contributed by atoms with van der Waals surface area (Å²) in [6.45, 7) is 11.8. The molecule has 13 heteroatoms. The highest BCUT2D eigenvalue weighted by Crippen LogP contribution is 2.14. The van der Waals surface area contributed by atoms with Crippen molar-refractivity contribution in [2.45, 2.75) is 96.9 Å². The van der Waals surface area contributed by atoms with E-state index in [2.05, 4.69) is 26.6 Å². The fourth-order valence-electron chi connectivity index (χ4n) is 4.20. The highest BCUT2D eigenvalue weighted by atomic mass is 16.2. The minimum absolute atomic E-state index is 0.0265. The molecule has 0 saturated heterocycles. The largest absolute Gasteiger partial charge is 0.368 e. The first-order valence-electron chi connectivity index (χ1n) is 15.3. The predicted octanol–water partition coefficient (Wildman–Crippen LogP) is 1.03. The Morgan fingerprint density at radius 1 is 0.660 bits per heavy atom. The molecule has 13 nitrogen and oxygen atoms in total. The van der Waals surface area contributed by atoms with E-state index in [0.717, 1.165) is 0 Å². The standard InChI is InChI=1S/C34H46N6O7/c1-9-25(41)38-33(5,6)30(46)36-20(2)27(43)39-34(7,8)31(47)37-24(28(44)40-32(3,4)29(35)45)19-21-15-17-23(18-16-21)26(42)22-13-11-10-12-14-22/h10-18,20,24H,9,19H2,1-8H3,(H2,35,45)(H,36,46)(H,37,47)(H,38,41)(H,39,43)(H,40,44)/t20-,24?/m1/s1. The lowest BCUT2D eigenvalue weighted by atomic mass is 9.97. The summed E-state index contributed by atoms with van der Waals surface area (Å²) in [6.07, 6.45) is 0.148. The van der Waals surface area contributed by atoms with E-state index in [9.17, 15) is 33.6 Å². The van der Waals surface area contributed by atoms with Gasteiger partial charge in [-0.25, -0.2) is 0 Å². The molecule has 0 aromatic heterocycles. The van der Waals surface area contributed by atoms with Gasteiger partial charge in [0.1, 0.15) is 28.7 Å². The second-order valence-corrected chi connectivity index (χ2v) is 12.9. The van der Waals surface area contributed by atoms with Crippen molar-refractivity contribution in [2.24, 2.45) is 5.73 Å². The maximum absolute atomic E-state index is 13.5. The lowest BCUT2D eigenvalue weighted by Crippen LogP contribution is -2.64. The normalized spacial score (nSPS) is 12.9. The second kappa shape index (κ2) is 15.5. The Labute approximate surface area is 275 Å². The third-order valence-electron chi connectivity index (χ3n) is 7.45. The summed E-state index contributed by atoms with van der Waals surface area (Å²) in [5.41, 5.74) is 2.70. The topological polar surface area (TPSA) is 206 Å². The zero-order valence-electron chi connectivity index (χ0n) is 28.2. The minimum Gasteiger partial charge on any atom is -0.368 e. The molecular weight excluding hydrogens is 604 g/mol. The first-order chi connectivity index (χ1) is 21.7. The summed E-state index contributed by atoms with van der Waals surface area (Å²) in [7, 11) is 0. The van der Waals surface area contributed by atoms with Crippen molar-refractivity contribution in [1.29, 1.82) is 0 Å². The Morgan fingerprint density at radius 2 is 1.15 bits per heavy atom. The number of amides is 6. The molecule has 0 bridgehead atoms. The third kappa shape index (κ3) is 10.8. The molecule has 0 fully saturated rings. The Morgan fingerprint density at radius 3 is 1.68 bits per heavy atom. The van der Waals surface area contributed by atoms with Gasteiger partial charge in [-0.05, 0) is 54.0 Å². The summed E-state index contributed by atoms with van der Waals surface area (Å²) in [5.74, 6) is -4.03. The average Bonchev–Trinajstić information content (AvgIpc) is 3.00. The lowest BCUT2D eigenvalue weighted by Gasteiger charge is -2.31. The zero-order valence-corrected chi connectivity index (χ0v) is 28.2. The van der Waals surface area contributed by atoms with Gasteiger partial charge in [0.2, 0.25) is 35.4 Å². The number of rotatable bonds is 15. The van der Waals surface area contributed by atoms with Crippen molar-refractivity contribution < 1.29 is 33.6 Å². The fraction of sp³-hybridized carbons (Fsp3) is 0.441. The van der Waals surface area contributed by atoms with Crippen LogP contribution in [0.25, 0.3) is 0 Å². The number of nitrogens with two attached hydrogens (primary N) is 1. The van der Waals surface area contributed by atoms with Gasteiger partial charge in [-0.1, -0.05) is 61.5 Å². The van der Waals surface area contributed by atoms with E-state index in [0.29, 0.717) is 16.7 Å². The molecular formula is C34H46N6O7. The lowest BCUT2D eigenvalue weighted by molar-refractivity contribution is -0.138. The van der Waals surface area contributed by atoms with Gasteiger partial charge in [0.15, 0.2) is 5.78 Å². The molecule has 2 rings (SSSR count). The first kappa shape index (κ1) is 38.1. The molecule has 2 aromatic rings. The number of hydrogen-bond acceptors (Lipinski definition) is 7. The number of benzene rings is 2. The highest BCUT2D eigenvalue weighted by molar-refractivity contribution is 6.09. The molecule has 0 saturated carbocycles. The van der Waals surface area contributed by atoms with Crippen LogP contribution in [0.3, 0.4) is 0 Å².